The van der Waals surface area contributed by atoms with Gasteiger partial charge in [-0.05, 0) is 6.07 Å². The number of hydrogen-bond acceptors (Lipinski definition) is 4. The second kappa shape index (κ2) is 4.15. The molecule has 0 atom stereocenters. The normalized spacial score (nSPS) is 12.0. The first-order chi connectivity index (χ1) is 7.58. The van der Waals surface area contributed by atoms with E-state index >= 15 is 0 Å². The van der Waals surface area contributed by atoms with Crippen molar-refractivity contribution in [1.82, 2.24) is 14.8 Å². The molecule has 0 unspecified atom stereocenters. The van der Waals surface area contributed by atoms with Crippen LogP contribution in [-0.4, -0.2) is 20.7 Å². The number of nitrogens with two attached hydrogens (primary N) is 1. The second-order valence-electron chi connectivity index (χ2n) is 3.03. The van der Waals surface area contributed by atoms with Crippen LogP contribution in [0.5, 0.6) is 0 Å². The van der Waals surface area contributed by atoms with Crippen LogP contribution < -0.4 is 5.73 Å². The van der Waals surface area contributed by atoms with Gasteiger partial charge in [-0.15, -0.1) is 12.6 Å². The Labute approximate surface area is 101 Å². The van der Waals surface area contributed by atoms with Gasteiger partial charge >= 0.3 is 0 Å². The van der Waals surface area contributed by atoms with Crippen molar-refractivity contribution in [1.29, 1.82) is 0 Å². The lowest BCUT2D eigenvalue weighted by molar-refractivity contribution is -0.113. The van der Waals surface area contributed by atoms with Crippen molar-refractivity contribution in [3.05, 3.63) is 29.7 Å². The number of carbonyl (C=O) groups is 1. The Morgan fingerprint density at radius 2 is 2.31 bits per heavy atom. The molecule has 7 heteroatoms. The smallest absolute Gasteiger partial charge is 0.244 e. The van der Waals surface area contributed by atoms with Gasteiger partial charge in [0, 0.05) is 11.5 Å². The van der Waals surface area contributed by atoms with Gasteiger partial charge < -0.3 is 5.73 Å². The summed E-state index contributed by atoms with van der Waals surface area (Å²) in [5, 5.41) is 5.57. The number of hydrogen-bond donors (Lipinski definition) is 2. The molecule has 82 valence electrons. The number of pyridine rings is 1. The first kappa shape index (κ1) is 11.0. The summed E-state index contributed by atoms with van der Waals surface area (Å²) < 4.78 is 1.45. The third-order valence-corrected chi connectivity index (χ3v) is 2.43. The van der Waals surface area contributed by atoms with Crippen LogP contribution in [0.25, 0.3) is 15.9 Å². The summed E-state index contributed by atoms with van der Waals surface area (Å²) >= 11 is 9.86. The zero-order valence-electron chi connectivity index (χ0n) is 7.96. The summed E-state index contributed by atoms with van der Waals surface area (Å²) in [7, 11) is 0. The fourth-order valence-electron chi connectivity index (χ4n) is 1.27. The van der Waals surface area contributed by atoms with E-state index in [1.54, 1.807) is 18.5 Å². The third kappa shape index (κ3) is 2.02. The lowest BCUT2D eigenvalue weighted by atomic mass is 10.3. The molecule has 2 aromatic rings. The summed E-state index contributed by atoms with van der Waals surface area (Å²) in [6.07, 6.45) is 4.33. The van der Waals surface area contributed by atoms with Gasteiger partial charge in [0.1, 0.15) is 10.2 Å². The molecule has 1 amide bonds. The van der Waals surface area contributed by atoms with E-state index in [0.717, 1.165) is 5.39 Å². The number of carbonyl (C=O) groups excluding carboxylic acids is 1. The molecular weight excluding hydrogens is 248 g/mol. The maximum absolute atomic E-state index is 10.7. The van der Waals surface area contributed by atoms with Gasteiger partial charge in [-0.25, -0.2) is 9.67 Å². The number of aromatic nitrogens is 3. The van der Waals surface area contributed by atoms with E-state index in [1.807, 2.05) is 0 Å². The molecule has 0 spiro atoms. The predicted molar refractivity (Wildman–Crippen MR) is 65.0 cm³/mol. The van der Waals surface area contributed by atoms with Crippen molar-refractivity contribution >= 4 is 46.1 Å². The van der Waals surface area contributed by atoms with Gasteiger partial charge in [0.05, 0.1) is 17.9 Å². The first-order valence-electron chi connectivity index (χ1n) is 4.27. The van der Waals surface area contributed by atoms with Crippen molar-refractivity contribution in [3.63, 3.8) is 0 Å². The maximum Gasteiger partial charge on any atom is 0.244 e. The number of thiol groups is 1. The van der Waals surface area contributed by atoms with E-state index in [1.165, 1.54) is 10.8 Å². The molecule has 0 saturated heterocycles. The van der Waals surface area contributed by atoms with Crippen molar-refractivity contribution in [2.75, 3.05) is 0 Å². The summed E-state index contributed by atoms with van der Waals surface area (Å²) in [5.74, 6) is -0.587. The lowest BCUT2D eigenvalue weighted by Crippen LogP contribution is -2.08. The monoisotopic (exact) mass is 254 g/mol. The zero-order chi connectivity index (χ0) is 11.7. The van der Waals surface area contributed by atoms with Crippen molar-refractivity contribution in [3.8, 4) is 0 Å². The van der Waals surface area contributed by atoms with Gasteiger partial charge in [-0.3, -0.25) is 4.79 Å². The van der Waals surface area contributed by atoms with Gasteiger partial charge in [-0.1, -0.05) is 11.6 Å². The zero-order valence-corrected chi connectivity index (χ0v) is 9.61. The van der Waals surface area contributed by atoms with Gasteiger partial charge in [0.25, 0.3) is 0 Å². The molecule has 0 fully saturated rings. The van der Waals surface area contributed by atoms with Crippen LogP contribution in [0.1, 0.15) is 0 Å². The minimum absolute atomic E-state index is 0.326. The van der Waals surface area contributed by atoms with Crippen molar-refractivity contribution in [2.45, 2.75) is 0 Å². The lowest BCUT2D eigenvalue weighted by Gasteiger charge is -2.01. The Morgan fingerprint density at radius 3 is 3.00 bits per heavy atom. The Bertz CT molecular complexity index is 592. The van der Waals surface area contributed by atoms with Crippen LogP contribution in [0, 0.1) is 0 Å². The van der Waals surface area contributed by atoms with Gasteiger partial charge in [0.15, 0.2) is 0 Å². The first-order valence-corrected chi connectivity index (χ1v) is 5.10. The molecule has 5 nitrogen and oxygen atoms in total. The van der Waals surface area contributed by atoms with Crippen LogP contribution in [-0.2, 0) is 4.79 Å². The molecule has 0 radical (unpaired) electrons. The van der Waals surface area contributed by atoms with E-state index in [2.05, 4.69) is 22.7 Å². The number of primary amides is 1. The minimum Gasteiger partial charge on any atom is -0.366 e. The quantitative estimate of drug-likeness (QED) is 0.482. The Hall–Kier alpha value is -1.53. The molecule has 0 bridgehead atoms. The summed E-state index contributed by atoms with van der Waals surface area (Å²) in [4.78, 5) is 14.6. The predicted octanol–water partition coefficient (Wildman–Crippen LogP) is 1.30. The number of nitrogens with zero attached hydrogens (tertiary/aromatic N) is 3. The Morgan fingerprint density at radius 1 is 1.56 bits per heavy atom. The molecule has 0 aliphatic rings. The third-order valence-electron chi connectivity index (χ3n) is 1.91. The van der Waals surface area contributed by atoms with E-state index in [-0.39, 0.29) is 0 Å². The molecule has 2 rings (SSSR count). The summed E-state index contributed by atoms with van der Waals surface area (Å²) in [6, 6.07) is 1.67. The van der Waals surface area contributed by atoms with E-state index in [4.69, 9.17) is 17.3 Å². The van der Waals surface area contributed by atoms with Crippen LogP contribution >= 0.6 is 24.2 Å². The van der Waals surface area contributed by atoms with Gasteiger partial charge in [-0.2, -0.15) is 5.10 Å². The minimum atomic E-state index is -0.587. The Balaban J connectivity index is 2.58. The highest BCUT2D eigenvalue weighted by atomic mass is 35.5. The fraction of sp³-hybridized carbons (Fsp3) is 0. The van der Waals surface area contributed by atoms with Crippen LogP contribution in [0.3, 0.4) is 0 Å². The largest absolute Gasteiger partial charge is 0.366 e. The van der Waals surface area contributed by atoms with E-state index < -0.39 is 5.91 Å². The standard InChI is InChI=1S/C9H7ClN4OS/c10-7-1-5-3-13-14(6(5)4-12-7)9(16)2-8(11)15/h1-4,16H,(H2,11,15)/b9-2-. The molecule has 0 aromatic carbocycles. The van der Waals surface area contributed by atoms with Crippen molar-refractivity contribution < 1.29 is 4.79 Å². The molecule has 2 aromatic heterocycles. The SMILES string of the molecule is NC(=O)/C=C(\S)n1ncc2cc(Cl)ncc21. The van der Waals surface area contributed by atoms with E-state index in [0.29, 0.717) is 15.7 Å². The number of amides is 1. The molecule has 0 aliphatic carbocycles. The number of halogens is 1. The highest BCUT2D eigenvalue weighted by Gasteiger charge is 2.06. The van der Waals surface area contributed by atoms with Crippen LogP contribution in [0.15, 0.2) is 24.5 Å². The van der Waals surface area contributed by atoms with Crippen molar-refractivity contribution in [2.24, 2.45) is 5.73 Å². The van der Waals surface area contributed by atoms with Crippen LogP contribution in [0.2, 0.25) is 5.15 Å². The number of rotatable bonds is 2. The van der Waals surface area contributed by atoms with E-state index in [9.17, 15) is 4.79 Å². The fourth-order valence-corrected chi connectivity index (χ4v) is 1.72. The average molecular weight is 255 g/mol. The molecule has 0 aliphatic heterocycles. The average Bonchev–Trinajstić information content (AvgIpc) is 2.59. The maximum atomic E-state index is 10.7. The highest BCUT2D eigenvalue weighted by Crippen LogP contribution is 2.20. The second-order valence-corrected chi connectivity index (χ2v) is 3.87. The van der Waals surface area contributed by atoms with Gasteiger partial charge in [0.2, 0.25) is 5.91 Å². The molecule has 0 saturated carbocycles. The topological polar surface area (TPSA) is 73.8 Å². The Kier molecular flexibility index (Phi) is 2.84. The summed E-state index contributed by atoms with van der Waals surface area (Å²) in [6.45, 7) is 0. The molecular formula is C9H7ClN4OS. The summed E-state index contributed by atoms with van der Waals surface area (Å²) in [5.41, 5.74) is 5.73. The molecule has 16 heavy (non-hydrogen) atoms. The van der Waals surface area contributed by atoms with Crippen LogP contribution in [0.4, 0.5) is 0 Å². The number of fused-ring (bicyclic) bond motifs is 1. The molecule has 2 heterocycles. The molecule has 2 N–H and O–H groups in total. The highest BCUT2D eigenvalue weighted by molar-refractivity contribution is 7.90.